The van der Waals surface area contributed by atoms with Crippen LogP contribution in [0.4, 0.5) is 4.39 Å². The second kappa shape index (κ2) is 6.86. The second-order valence-electron chi connectivity index (χ2n) is 4.54. The fourth-order valence-corrected chi connectivity index (χ4v) is 1.84. The average molecular weight is 264 g/mol. The molecule has 0 fully saturated rings. The maximum absolute atomic E-state index is 13.7. The maximum atomic E-state index is 13.7. The molecule has 0 N–H and O–H groups in total. The van der Waals surface area contributed by atoms with Crippen LogP contribution in [0.15, 0.2) is 18.2 Å². The topological polar surface area (TPSA) is 53.3 Å². The molecular formula is C14H17FN2O2. The summed E-state index contributed by atoms with van der Waals surface area (Å²) in [6.07, 6.45) is 0. The number of halogens is 1. The predicted molar refractivity (Wildman–Crippen MR) is 68.6 cm³/mol. The summed E-state index contributed by atoms with van der Waals surface area (Å²) in [5.41, 5.74) is 0.797. The van der Waals surface area contributed by atoms with Gasteiger partial charge in [-0.15, -0.1) is 0 Å². The lowest BCUT2D eigenvalue weighted by molar-refractivity contribution is -0.145. The quantitative estimate of drug-likeness (QED) is 0.763. The number of esters is 1. The lowest BCUT2D eigenvalue weighted by atomic mass is 10.1. The van der Waals surface area contributed by atoms with Crippen molar-refractivity contribution >= 4 is 5.97 Å². The molecule has 0 spiro atoms. The van der Waals surface area contributed by atoms with Crippen LogP contribution in [0, 0.1) is 23.1 Å². The monoisotopic (exact) mass is 264 g/mol. The first-order valence-corrected chi connectivity index (χ1v) is 5.92. The SMILES string of the molecule is COC(=O)C(C)CN(C)Cc1ccc(C#N)cc1F. The highest BCUT2D eigenvalue weighted by Gasteiger charge is 2.16. The summed E-state index contributed by atoms with van der Waals surface area (Å²) in [6.45, 7) is 2.61. The van der Waals surface area contributed by atoms with Crippen LogP contribution in [0.3, 0.4) is 0 Å². The van der Waals surface area contributed by atoms with E-state index in [1.165, 1.54) is 13.2 Å². The van der Waals surface area contributed by atoms with Gasteiger partial charge in [0.05, 0.1) is 24.7 Å². The van der Waals surface area contributed by atoms with E-state index in [1.807, 2.05) is 11.0 Å². The predicted octanol–water partition coefficient (Wildman–Crippen LogP) is 1.94. The summed E-state index contributed by atoms with van der Waals surface area (Å²) in [7, 11) is 3.15. The third-order valence-electron chi connectivity index (χ3n) is 2.81. The van der Waals surface area contributed by atoms with E-state index in [0.717, 1.165) is 0 Å². The molecule has 0 saturated carbocycles. The average Bonchev–Trinajstić information content (AvgIpc) is 2.39. The molecule has 1 aromatic rings. The van der Waals surface area contributed by atoms with Gasteiger partial charge in [-0.2, -0.15) is 5.26 Å². The van der Waals surface area contributed by atoms with E-state index in [2.05, 4.69) is 4.74 Å². The zero-order valence-corrected chi connectivity index (χ0v) is 11.3. The standard InChI is InChI=1S/C14H17FN2O2/c1-10(14(18)19-3)8-17(2)9-12-5-4-11(7-16)6-13(12)15/h4-6,10H,8-9H2,1-3H3. The molecule has 0 bridgehead atoms. The number of rotatable bonds is 5. The largest absolute Gasteiger partial charge is 0.469 e. The number of hydrogen-bond donors (Lipinski definition) is 0. The first-order valence-electron chi connectivity index (χ1n) is 5.92. The number of methoxy groups -OCH3 is 1. The summed E-state index contributed by atoms with van der Waals surface area (Å²) in [6, 6.07) is 6.27. The third-order valence-corrected chi connectivity index (χ3v) is 2.81. The van der Waals surface area contributed by atoms with Crippen LogP contribution in [0.1, 0.15) is 18.1 Å². The Morgan fingerprint density at radius 3 is 2.79 bits per heavy atom. The van der Waals surface area contributed by atoms with Crippen molar-refractivity contribution in [3.8, 4) is 6.07 Å². The Morgan fingerprint density at radius 1 is 1.58 bits per heavy atom. The lowest BCUT2D eigenvalue weighted by Gasteiger charge is -2.20. The van der Waals surface area contributed by atoms with E-state index >= 15 is 0 Å². The van der Waals surface area contributed by atoms with Gasteiger partial charge in [-0.3, -0.25) is 4.79 Å². The fourth-order valence-electron chi connectivity index (χ4n) is 1.84. The van der Waals surface area contributed by atoms with Crippen molar-refractivity contribution in [1.29, 1.82) is 5.26 Å². The van der Waals surface area contributed by atoms with Gasteiger partial charge in [-0.05, 0) is 19.2 Å². The highest BCUT2D eigenvalue weighted by molar-refractivity contribution is 5.72. The molecule has 0 amide bonds. The summed E-state index contributed by atoms with van der Waals surface area (Å²) < 4.78 is 18.3. The van der Waals surface area contributed by atoms with E-state index in [0.29, 0.717) is 24.2 Å². The molecule has 0 aliphatic rings. The minimum absolute atomic E-state index is 0.267. The molecule has 0 saturated heterocycles. The fraction of sp³-hybridized carbons (Fsp3) is 0.429. The Morgan fingerprint density at radius 2 is 2.26 bits per heavy atom. The van der Waals surface area contributed by atoms with Crippen LogP contribution in [-0.2, 0) is 16.1 Å². The number of ether oxygens (including phenoxy) is 1. The highest BCUT2D eigenvalue weighted by Crippen LogP contribution is 2.13. The van der Waals surface area contributed by atoms with Gasteiger partial charge < -0.3 is 9.64 Å². The molecule has 4 nitrogen and oxygen atoms in total. The van der Waals surface area contributed by atoms with Crippen molar-refractivity contribution in [3.63, 3.8) is 0 Å². The maximum Gasteiger partial charge on any atom is 0.309 e. The van der Waals surface area contributed by atoms with Crippen molar-refractivity contribution in [1.82, 2.24) is 4.90 Å². The minimum atomic E-state index is -0.406. The van der Waals surface area contributed by atoms with Gasteiger partial charge in [0.15, 0.2) is 0 Å². The number of carbonyl (C=O) groups excluding carboxylic acids is 1. The number of nitrogens with zero attached hydrogens (tertiary/aromatic N) is 2. The van der Waals surface area contributed by atoms with Crippen LogP contribution in [0.25, 0.3) is 0 Å². The van der Waals surface area contributed by atoms with Crippen molar-refractivity contribution in [2.24, 2.45) is 5.92 Å². The van der Waals surface area contributed by atoms with Gasteiger partial charge >= 0.3 is 5.97 Å². The van der Waals surface area contributed by atoms with Gasteiger partial charge in [-0.1, -0.05) is 13.0 Å². The van der Waals surface area contributed by atoms with Crippen molar-refractivity contribution < 1.29 is 13.9 Å². The Hall–Kier alpha value is -1.93. The van der Waals surface area contributed by atoms with Gasteiger partial charge in [-0.25, -0.2) is 4.39 Å². The summed E-state index contributed by atoms with van der Waals surface area (Å²) in [5, 5.41) is 8.66. The summed E-state index contributed by atoms with van der Waals surface area (Å²) in [4.78, 5) is 13.1. The molecule has 1 rings (SSSR count). The van der Waals surface area contributed by atoms with Crippen molar-refractivity contribution in [3.05, 3.63) is 35.1 Å². The molecule has 1 unspecified atom stereocenters. The van der Waals surface area contributed by atoms with Crippen LogP contribution >= 0.6 is 0 Å². The first-order chi connectivity index (χ1) is 8.97. The van der Waals surface area contributed by atoms with E-state index < -0.39 is 5.82 Å². The van der Waals surface area contributed by atoms with Crippen LogP contribution < -0.4 is 0 Å². The molecule has 0 radical (unpaired) electrons. The molecule has 5 heteroatoms. The van der Waals surface area contributed by atoms with Crippen LogP contribution in [0.5, 0.6) is 0 Å². The van der Waals surface area contributed by atoms with Gasteiger partial charge in [0.1, 0.15) is 5.82 Å². The lowest BCUT2D eigenvalue weighted by Crippen LogP contribution is -2.29. The first kappa shape index (κ1) is 15.1. The smallest absolute Gasteiger partial charge is 0.309 e. The third kappa shape index (κ3) is 4.34. The van der Waals surface area contributed by atoms with Crippen molar-refractivity contribution in [2.75, 3.05) is 20.7 Å². The number of nitriles is 1. The zero-order chi connectivity index (χ0) is 14.4. The molecule has 1 aromatic carbocycles. The molecular weight excluding hydrogens is 247 g/mol. The molecule has 1 atom stereocenters. The molecule has 0 heterocycles. The Labute approximate surface area is 112 Å². The second-order valence-corrected chi connectivity index (χ2v) is 4.54. The van der Waals surface area contributed by atoms with E-state index in [4.69, 9.17) is 5.26 Å². The number of hydrogen-bond acceptors (Lipinski definition) is 4. The van der Waals surface area contributed by atoms with Crippen LogP contribution in [-0.4, -0.2) is 31.6 Å². The molecule has 0 aliphatic carbocycles. The van der Waals surface area contributed by atoms with Gasteiger partial charge in [0.2, 0.25) is 0 Å². The van der Waals surface area contributed by atoms with E-state index in [-0.39, 0.29) is 11.9 Å². The Balaban J connectivity index is 2.65. The van der Waals surface area contributed by atoms with Gasteiger partial charge in [0, 0.05) is 18.7 Å². The highest BCUT2D eigenvalue weighted by atomic mass is 19.1. The summed E-state index contributed by atoms with van der Waals surface area (Å²) in [5.74, 6) is -0.958. The normalized spacial score (nSPS) is 12.0. The summed E-state index contributed by atoms with van der Waals surface area (Å²) >= 11 is 0. The molecule has 0 aromatic heterocycles. The Bertz CT molecular complexity index is 497. The zero-order valence-electron chi connectivity index (χ0n) is 11.3. The number of benzene rings is 1. The molecule has 0 aliphatic heterocycles. The molecule has 102 valence electrons. The van der Waals surface area contributed by atoms with E-state index in [1.54, 1.807) is 26.1 Å². The number of carbonyl (C=O) groups is 1. The Kier molecular flexibility index (Phi) is 5.46. The van der Waals surface area contributed by atoms with Crippen LogP contribution in [0.2, 0.25) is 0 Å². The van der Waals surface area contributed by atoms with Gasteiger partial charge in [0.25, 0.3) is 0 Å². The van der Waals surface area contributed by atoms with Crippen molar-refractivity contribution in [2.45, 2.75) is 13.5 Å². The minimum Gasteiger partial charge on any atom is -0.469 e. The van der Waals surface area contributed by atoms with E-state index in [9.17, 15) is 9.18 Å². The molecule has 19 heavy (non-hydrogen) atoms.